The predicted octanol–water partition coefficient (Wildman–Crippen LogP) is 4.53. The van der Waals surface area contributed by atoms with Gasteiger partial charge in [0.1, 0.15) is 17.4 Å². The van der Waals surface area contributed by atoms with Crippen molar-refractivity contribution in [3.63, 3.8) is 0 Å². The summed E-state index contributed by atoms with van der Waals surface area (Å²) in [6.45, 7) is 2.09. The van der Waals surface area contributed by atoms with Crippen molar-refractivity contribution in [2.24, 2.45) is 7.05 Å². The fraction of sp³-hybridized carbons (Fsp3) is 0.100. The molecule has 116 valence electrons. The molecule has 2 aromatic carbocycles. The number of para-hydroxylation sites is 1. The molecule has 0 atom stereocenters. The number of hydrogen-bond acceptors (Lipinski definition) is 3. The van der Waals surface area contributed by atoms with Crippen LogP contribution in [0.5, 0.6) is 0 Å². The van der Waals surface area contributed by atoms with E-state index in [1.165, 1.54) is 0 Å². The topological polar surface area (TPSA) is 43.0 Å². The third kappa shape index (κ3) is 1.74. The van der Waals surface area contributed by atoms with E-state index < -0.39 is 0 Å². The number of aryl methyl sites for hydroxylation is 2. The summed E-state index contributed by atoms with van der Waals surface area (Å²) in [4.78, 5) is 4.51. The monoisotopic (exact) mass is 315 g/mol. The molecule has 0 radical (unpaired) electrons. The van der Waals surface area contributed by atoms with Gasteiger partial charge in [-0.05, 0) is 41.7 Å². The minimum Gasteiger partial charge on any atom is -0.452 e. The Morgan fingerprint density at radius 3 is 2.58 bits per heavy atom. The van der Waals surface area contributed by atoms with Crippen LogP contribution >= 0.6 is 0 Å². The number of hydrogen-bond donors (Lipinski definition) is 0. The zero-order valence-corrected chi connectivity index (χ0v) is 13.4. The molecule has 5 aromatic rings. The number of benzene rings is 2. The zero-order valence-electron chi connectivity index (χ0n) is 13.4. The second kappa shape index (κ2) is 4.68. The van der Waals surface area contributed by atoms with E-state index in [-0.39, 0.29) is 0 Å². The molecular weight excluding hydrogens is 300 g/mol. The predicted molar refractivity (Wildman–Crippen MR) is 92.6 cm³/mol. The van der Waals surface area contributed by atoms with E-state index in [2.05, 4.69) is 24.0 Å². The van der Waals surface area contributed by atoms with Gasteiger partial charge in [-0.25, -0.2) is 4.57 Å². The quantitative estimate of drug-likeness (QED) is 0.427. The van der Waals surface area contributed by atoms with Gasteiger partial charge >= 0.3 is 5.82 Å². The molecule has 24 heavy (non-hydrogen) atoms. The summed E-state index contributed by atoms with van der Waals surface area (Å²) in [7, 11) is 1.99. The molecule has 0 N–H and O–H groups in total. The normalized spacial score (nSPS) is 11.8. The number of fused-ring (bicyclic) bond motifs is 5. The van der Waals surface area contributed by atoms with Crippen molar-refractivity contribution < 1.29 is 13.4 Å². The Morgan fingerprint density at radius 1 is 0.917 bits per heavy atom. The Hall–Kier alpha value is -3.14. The second-order valence-electron chi connectivity index (χ2n) is 6.08. The van der Waals surface area contributed by atoms with Gasteiger partial charge < -0.3 is 8.83 Å². The summed E-state index contributed by atoms with van der Waals surface area (Å²) < 4.78 is 14.2. The van der Waals surface area contributed by atoms with E-state index in [1.807, 2.05) is 48.1 Å². The minimum absolute atomic E-state index is 0.808. The third-order valence-electron chi connectivity index (χ3n) is 4.50. The standard InChI is InChI=1S/C20H15N2O2/c1-12-10-15-17(11-14(12)20-21-8-5-9-22(20)2)24-18-13-6-3-4-7-16(13)23-19(15)18/h3-11H,1-2H3/q+1. The van der Waals surface area contributed by atoms with Crippen molar-refractivity contribution in [3.8, 4) is 11.4 Å². The van der Waals surface area contributed by atoms with Gasteiger partial charge in [-0.3, -0.25) is 0 Å². The molecule has 0 unspecified atom stereocenters. The minimum atomic E-state index is 0.808. The second-order valence-corrected chi connectivity index (χ2v) is 6.08. The van der Waals surface area contributed by atoms with E-state index in [1.54, 1.807) is 6.20 Å². The summed E-state index contributed by atoms with van der Waals surface area (Å²) in [6.07, 6.45) is 3.80. The third-order valence-corrected chi connectivity index (χ3v) is 4.50. The molecule has 0 aliphatic rings. The lowest BCUT2D eigenvalue weighted by atomic mass is 10.1. The van der Waals surface area contributed by atoms with Gasteiger partial charge in [0.15, 0.2) is 11.2 Å². The summed E-state index contributed by atoms with van der Waals surface area (Å²) >= 11 is 0. The summed E-state index contributed by atoms with van der Waals surface area (Å²) in [5.41, 5.74) is 5.49. The van der Waals surface area contributed by atoms with Gasteiger partial charge in [0.2, 0.25) is 0 Å². The van der Waals surface area contributed by atoms with Gasteiger partial charge in [-0.15, -0.1) is 0 Å². The zero-order chi connectivity index (χ0) is 16.3. The highest BCUT2D eigenvalue weighted by atomic mass is 16.4. The van der Waals surface area contributed by atoms with Crippen LogP contribution < -0.4 is 4.57 Å². The van der Waals surface area contributed by atoms with Crippen molar-refractivity contribution >= 4 is 33.1 Å². The molecule has 3 aromatic heterocycles. The van der Waals surface area contributed by atoms with Crippen molar-refractivity contribution in [2.75, 3.05) is 0 Å². The molecule has 3 heterocycles. The van der Waals surface area contributed by atoms with E-state index in [4.69, 9.17) is 8.83 Å². The Labute approximate surface area is 138 Å². The van der Waals surface area contributed by atoms with Crippen LogP contribution in [0.3, 0.4) is 0 Å². The van der Waals surface area contributed by atoms with Crippen molar-refractivity contribution in [1.29, 1.82) is 0 Å². The Kier molecular flexibility index (Phi) is 2.59. The molecule has 0 aliphatic carbocycles. The van der Waals surface area contributed by atoms with Crippen LogP contribution in [-0.2, 0) is 7.05 Å². The van der Waals surface area contributed by atoms with Gasteiger partial charge in [-0.1, -0.05) is 12.1 Å². The molecule has 0 bridgehead atoms. The number of aromatic nitrogens is 2. The van der Waals surface area contributed by atoms with Gasteiger partial charge in [-0.2, -0.15) is 0 Å². The van der Waals surface area contributed by atoms with Crippen LogP contribution in [0.15, 0.2) is 63.7 Å². The van der Waals surface area contributed by atoms with Crippen LogP contribution in [0.1, 0.15) is 5.56 Å². The maximum absolute atomic E-state index is 6.13. The van der Waals surface area contributed by atoms with Crippen LogP contribution in [0.25, 0.3) is 44.5 Å². The fourth-order valence-electron chi connectivity index (χ4n) is 3.30. The molecule has 4 nitrogen and oxygen atoms in total. The van der Waals surface area contributed by atoms with E-state index in [0.29, 0.717) is 0 Å². The lowest BCUT2D eigenvalue weighted by Crippen LogP contribution is -2.31. The highest BCUT2D eigenvalue weighted by molar-refractivity contribution is 6.13. The average molecular weight is 315 g/mol. The van der Waals surface area contributed by atoms with Crippen LogP contribution in [-0.4, -0.2) is 4.98 Å². The Bertz CT molecular complexity index is 1230. The average Bonchev–Trinajstić information content (AvgIpc) is 3.11. The molecule has 0 saturated carbocycles. The lowest BCUT2D eigenvalue weighted by Gasteiger charge is -2.02. The molecule has 0 aliphatic heterocycles. The number of nitrogens with zero attached hydrogens (tertiary/aromatic N) is 2. The maximum Gasteiger partial charge on any atom is 0.330 e. The SMILES string of the molecule is Cc1cc2c(cc1-c1nccc[n+]1C)oc1c3ccccc3oc21. The smallest absolute Gasteiger partial charge is 0.330 e. The van der Waals surface area contributed by atoms with Gasteiger partial charge in [0.05, 0.1) is 29.6 Å². The largest absolute Gasteiger partial charge is 0.452 e. The molecule has 0 fully saturated rings. The fourth-order valence-corrected chi connectivity index (χ4v) is 3.30. The number of furan rings is 2. The van der Waals surface area contributed by atoms with Gasteiger partial charge in [0.25, 0.3) is 0 Å². The first-order valence-corrected chi connectivity index (χ1v) is 7.88. The first kappa shape index (κ1) is 13.3. The lowest BCUT2D eigenvalue weighted by molar-refractivity contribution is -0.663. The Balaban J connectivity index is 1.85. The van der Waals surface area contributed by atoms with Crippen molar-refractivity contribution in [2.45, 2.75) is 6.92 Å². The maximum atomic E-state index is 6.13. The molecule has 0 spiro atoms. The van der Waals surface area contributed by atoms with Gasteiger partial charge in [0, 0.05) is 6.07 Å². The molecule has 4 heteroatoms. The highest BCUT2D eigenvalue weighted by Crippen LogP contribution is 2.38. The summed E-state index contributed by atoms with van der Waals surface area (Å²) in [5, 5.41) is 2.01. The van der Waals surface area contributed by atoms with Crippen LogP contribution in [0.4, 0.5) is 0 Å². The van der Waals surface area contributed by atoms with E-state index in [0.717, 1.165) is 50.1 Å². The van der Waals surface area contributed by atoms with Crippen LogP contribution in [0, 0.1) is 6.92 Å². The molecular formula is C20H15N2O2+. The van der Waals surface area contributed by atoms with Crippen molar-refractivity contribution in [1.82, 2.24) is 4.98 Å². The molecule has 5 rings (SSSR count). The summed E-state index contributed by atoms with van der Waals surface area (Å²) in [6, 6.07) is 14.0. The highest BCUT2D eigenvalue weighted by Gasteiger charge is 2.20. The first-order valence-electron chi connectivity index (χ1n) is 7.88. The number of rotatable bonds is 1. The van der Waals surface area contributed by atoms with E-state index in [9.17, 15) is 0 Å². The molecule has 0 amide bonds. The Morgan fingerprint density at radius 2 is 1.71 bits per heavy atom. The summed E-state index contributed by atoms with van der Waals surface area (Å²) in [5.74, 6) is 0.912. The van der Waals surface area contributed by atoms with E-state index >= 15 is 0 Å². The van der Waals surface area contributed by atoms with Crippen molar-refractivity contribution in [3.05, 3.63) is 60.4 Å². The van der Waals surface area contributed by atoms with Crippen LogP contribution in [0.2, 0.25) is 0 Å². The molecule has 0 saturated heterocycles. The first-order chi connectivity index (χ1) is 11.7.